The van der Waals surface area contributed by atoms with Crippen LogP contribution in [-0.2, 0) is 6.54 Å². The van der Waals surface area contributed by atoms with Crippen molar-refractivity contribution in [2.45, 2.75) is 20.4 Å². The molecule has 0 saturated carbocycles. The molecule has 0 amide bonds. The zero-order valence-electron chi connectivity index (χ0n) is 11.5. The predicted molar refractivity (Wildman–Crippen MR) is 86.9 cm³/mol. The van der Waals surface area contributed by atoms with Crippen molar-refractivity contribution in [2.75, 3.05) is 17.2 Å². The molecule has 2 N–H and O–H groups in total. The minimum atomic E-state index is 0.517. The van der Waals surface area contributed by atoms with Crippen molar-refractivity contribution >= 4 is 34.8 Å². The number of anilines is 2. The molecule has 106 valence electrons. The topological polar surface area (TPSA) is 37.0 Å². The predicted octanol–water partition coefficient (Wildman–Crippen LogP) is 4.74. The quantitative estimate of drug-likeness (QED) is 0.837. The normalized spacial score (nSPS) is 10.4. The van der Waals surface area contributed by atoms with Crippen LogP contribution >= 0.6 is 23.2 Å². The third kappa shape index (κ3) is 3.78. The molecule has 2 rings (SSSR count). The number of rotatable bonds is 5. The highest BCUT2D eigenvalue weighted by molar-refractivity contribution is 6.37. The fraction of sp³-hybridized carbons (Fsp3) is 0.267. The van der Waals surface area contributed by atoms with Gasteiger partial charge in [0.05, 0.1) is 10.0 Å². The molecule has 0 aliphatic rings. The van der Waals surface area contributed by atoms with E-state index in [-0.39, 0.29) is 0 Å². The fourth-order valence-corrected chi connectivity index (χ4v) is 2.27. The Hall–Kier alpha value is -1.45. The maximum absolute atomic E-state index is 6.16. The molecular weight excluding hydrogens is 293 g/mol. The summed E-state index contributed by atoms with van der Waals surface area (Å²) in [6.07, 6.45) is 0. The van der Waals surface area contributed by atoms with E-state index in [1.807, 2.05) is 6.92 Å². The van der Waals surface area contributed by atoms with Crippen molar-refractivity contribution in [3.8, 4) is 0 Å². The van der Waals surface area contributed by atoms with Gasteiger partial charge in [0.25, 0.3) is 0 Å². The van der Waals surface area contributed by atoms with Crippen molar-refractivity contribution in [1.82, 2.24) is 4.98 Å². The Bertz CT molecular complexity index is 582. The van der Waals surface area contributed by atoms with Gasteiger partial charge in [-0.2, -0.15) is 0 Å². The van der Waals surface area contributed by atoms with Crippen LogP contribution in [0, 0.1) is 6.92 Å². The number of aromatic nitrogens is 1. The van der Waals surface area contributed by atoms with Gasteiger partial charge in [-0.25, -0.2) is 4.98 Å². The van der Waals surface area contributed by atoms with E-state index in [1.165, 1.54) is 11.1 Å². The monoisotopic (exact) mass is 309 g/mol. The summed E-state index contributed by atoms with van der Waals surface area (Å²) in [6, 6.07) is 10.0. The summed E-state index contributed by atoms with van der Waals surface area (Å²) in [7, 11) is 0. The van der Waals surface area contributed by atoms with Crippen molar-refractivity contribution in [2.24, 2.45) is 0 Å². The molecule has 3 nitrogen and oxygen atoms in total. The van der Waals surface area contributed by atoms with Crippen LogP contribution in [0.4, 0.5) is 11.6 Å². The first kappa shape index (κ1) is 14.9. The molecule has 0 aliphatic heterocycles. The van der Waals surface area contributed by atoms with E-state index in [0.29, 0.717) is 28.2 Å². The number of nitrogens with zero attached hydrogens (tertiary/aromatic N) is 1. The molecular formula is C15H17Cl2N3. The van der Waals surface area contributed by atoms with Gasteiger partial charge in [-0.3, -0.25) is 0 Å². The van der Waals surface area contributed by atoms with Crippen LogP contribution in [0.3, 0.4) is 0 Å². The lowest BCUT2D eigenvalue weighted by atomic mass is 10.1. The second-order valence-corrected chi connectivity index (χ2v) is 5.33. The molecule has 20 heavy (non-hydrogen) atoms. The third-order valence-corrected chi connectivity index (χ3v) is 3.43. The minimum Gasteiger partial charge on any atom is -0.369 e. The molecule has 0 atom stereocenters. The number of aryl methyl sites for hydroxylation is 1. The van der Waals surface area contributed by atoms with Gasteiger partial charge in [0.15, 0.2) is 0 Å². The van der Waals surface area contributed by atoms with Crippen LogP contribution in [0.2, 0.25) is 10.0 Å². The lowest BCUT2D eigenvalue weighted by Gasteiger charge is -2.12. The molecule has 1 heterocycles. The lowest BCUT2D eigenvalue weighted by Crippen LogP contribution is -2.06. The van der Waals surface area contributed by atoms with Crippen LogP contribution in [0.1, 0.15) is 18.1 Å². The van der Waals surface area contributed by atoms with Gasteiger partial charge in [-0.05, 0) is 25.5 Å². The van der Waals surface area contributed by atoms with Crippen molar-refractivity contribution in [3.63, 3.8) is 0 Å². The van der Waals surface area contributed by atoms with E-state index in [9.17, 15) is 0 Å². The molecule has 0 spiro atoms. The third-order valence-electron chi connectivity index (χ3n) is 2.85. The molecule has 0 bridgehead atoms. The first-order chi connectivity index (χ1) is 9.60. The smallest absolute Gasteiger partial charge is 0.147 e. The average molecular weight is 310 g/mol. The second kappa shape index (κ2) is 6.82. The zero-order chi connectivity index (χ0) is 14.5. The van der Waals surface area contributed by atoms with E-state index in [2.05, 4.69) is 46.8 Å². The van der Waals surface area contributed by atoms with E-state index in [1.54, 1.807) is 6.07 Å². The summed E-state index contributed by atoms with van der Waals surface area (Å²) in [4.78, 5) is 4.41. The maximum atomic E-state index is 6.16. The van der Waals surface area contributed by atoms with Crippen LogP contribution in [0.15, 0.2) is 30.3 Å². The van der Waals surface area contributed by atoms with Crippen molar-refractivity contribution in [1.29, 1.82) is 0 Å². The number of hydrogen-bond donors (Lipinski definition) is 2. The number of nitrogens with one attached hydrogen (secondary N) is 2. The van der Waals surface area contributed by atoms with Crippen molar-refractivity contribution in [3.05, 3.63) is 51.5 Å². The van der Waals surface area contributed by atoms with Gasteiger partial charge in [-0.1, -0.05) is 53.0 Å². The summed E-state index contributed by atoms with van der Waals surface area (Å²) >= 11 is 12.2. The molecule has 0 saturated heterocycles. The van der Waals surface area contributed by atoms with Crippen LogP contribution < -0.4 is 10.6 Å². The number of hydrogen-bond acceptors (Lipinski definition) is 3. The number of pyridine rings is 1. The molecule has 2 aromatic rings. The van der Waals surface area contributed by atoms with E-state index < -0.39 is 0 Å². The van der Waals surface area contributed by atoms with Crippen LogP contribution in [0.25, 0.3) is 0 Å². The molecule has 0 aliphatic carbocycles. The Balaban J connectivity index is 2.12. The van der Waals surface area contributed by atoms with Gasteiger partial charge >= 0.3 is 0 Å². The van der Waals surface area contributed by atoms with Gasteiger partial charge in [0.2, 0.25) is 0 Å². The van der Waals surface area contributed by atoms with Crippen LogP contribution in [-0.4, -0.2) is 11.5 Å². The van der Waals surface area contributed by atoms with Gasteiger partial charge < -0.3 is 10.6 Å². The molecule has 0 radical (unpaired) electrons. The Morgan fingerprint density at radius 1 is 1.00 bits per heavy atom. The highest BCUT2D eigenvalue weighted by Gasteiger charge is 2.08. The average Bonchev–Trinajstić information content (AvgIpc) is 2.42. The van der Waals surface area contributed by atoms with Gasteiger partial charge in [-0.15, -0.1) is 0 Å². The standard InChI is InChI=1S/C15H17Cl2N3/c1-3-18-14-12(16)8-13(17)15(20-14)19-9-11-6-4-10(2)5-7-11/h4-8H,3,9H2,1-2H3,(H2,18,19,20). The first-order valence-corrected chi connectivity index (χ1v) is 7.25. The summed E-state index contributed by atoms with van der Waals surface area (Å²) < 4.78 is 0. The van der Waals surface area contributed by atoms with Crippen LogP contribution in [0.5, 0.6) is 0 Å². The highest BCUT2D eigenvalue weighted by Crippen LogP contribution is 2.29. The summed E-state index contributed by atoms with van der Waals surface area (Å²) in [5.74, 6) is 1.28. The molecule has 5 heteroatoms. The molecule has 1 aromatic heterocycles. The number of halogens is 2. The summed E-state index contributed by atoms with van der Waals surface area (Å²) in [5, 5.41) is 7.38. The van der Waals surface area contributed by atoms with Crippen molar-refractivity contribution < 1.29 is 0 Å². The fourth-order valence-electron chi connectivity index (χ4n) is 1.77. The largest absolute Gasteiger partial charge is 0.369 e. The SMILES string of the molecule is CCNc1nc(NCc2ccc(C)cc2)c(Cl)cc1Cl. The Morgan fingerprint density at radius 2 is 1.60 bits per heavy atom. The minimum absolute atomic E-state index is 0.517. The maximum Gasteiger partial charge on any atom is 0.147 e. The van der Waals surface area contributed by atoms with E-state index in [4.69, 9.17) is 23.2 Å². The van der Waals surface area contributed by atoms with Gasteiger partial charge in [0.1, 0.15) is 11.6 Å². The first-order valence-electron chi connectivity index (χ1n) is 6.49. The highest BCUT2D eigenvalue weighted by atomic mass is 35.5. The Morgan fingerprint density at radius 3 is 2.20 bits per heavy atom. The second-order valence-electron chi connectivity index (χ2n) is 4.52. The lowest BCUT2D eigenvalue weighted by molar-refractivity contribution is 1.09. The summed E-state index contributed by atoms with van der Waals surface area (Å²) in [6.45, 7) is 5.48. The van der Waals surface area contributed by atoms with E-state index >= 15 is 0 Å². The molecule has 0 fully saturated rings. The zero-order valence-corrected chi connectivity index (χ0v) is 13.0. The molecule has 1 aromatic carbocycles. The number of benzene rings is 1. The van der Waals surface area contributed by atoms with E-state index in [0.717, 1.165) is 6.54 Å². The summed E-state index contributed by atoms with van der Waals surface area (Å²) in [5.41, 5.74) is 2.42. The van der Waals surface area contributed by atoms with Gasteiger partial charge in [0, 0.05) is 13.1 Å². The Labute approximate surface area is 129 Å². The Kier molecular flexibility index (Phi) is 5.10. The molecule has 0 unspecified atom stereocenters.